The number of rotatable bonds is 11. The number of carbonyl (C=O) groups is 2. The van der Waals surface area contributed by atoms with Gasteiger partial charge in [-0.15, -0.1) is 0 Å². The van der Waals surface area contributed by atoms with E-state index >= 15 is 0 Å². The Morgan fingerprint density at radius 3 is 2.44 bits per heavy atom. The minimum atomic E-state index is -3.81. The van der Waals surface area contributed by atoms with Crippen molar-refractivity contribution < 1.29 is 22.7 Å². The molecule has 0 radical (unpaired) electrons. The van der Waals surface area contributed by atoms with Gasteiger partial charge in [0.25, 0.3) is 0 Å². The zero-order valence-electron chi connectivity index (χ0n) is 20.9. The van der Waals surface area contributed by atoms with Gasteiger partial charge in [-0.3, -0.25) is 13.9 Å². The quantitative estimate of drug-likeness (QED) is 0.469. The first-order chi connectivity index (χ1) is 17.1. The van der Waals surface area contributed by atoms with Crippen LogP contribution in [0.1, 0.15) is 44.6 Å². The van der Waals surface area contributed by atoms with E-state index < -0.39 is 28.5 Å². The summed E-state index contributed by atoms with van der Waals surface area (Å²) in [6.45, 7) is 1.51. The van der Waals surface area contributed by atoms with Gasteiger partial charge in [-0.2, -0.15) is 0 Å². The highest BCUT2D eigenvalue weighted by molar-refractivity contribution is 7.92. The molecule has 1 aliphatic carbocycles. The summed E-state index contributed by atoms with van der Waals surface area (Å²) in [6, 6.07) is 12.9. The number of nitrogens with one attached hydrogen (secondary N) is 1. The van der Waals surface area contributed by atoms with Crippen LogP contribution in [0.25, 0.3) is 0 Å². The Morgan fingerprint density at radius 1 is 1.14 bits per heavy atom. The molecule has 36 heavy (non-hydrogen) atoms. The fourth-order valence-electron chi connectivity index (χ4n) is 4.50. The van der Waals surface area contributed by atoms with Gasteiger partial charge in [0, 0.05) is 17.6 Å². The average Bonchev–Trinajstić information content (AvgIpc) is 3.34. The number of hydrogen-bond donors (Lipinski definition) is 1. The van der Waals surface area contributed by atoms with Crippen molar-refractivity contribution >= 4 is 39.1 Å². The van der Waals surface area contributed by atoms with Crippen molar-refractivity contribution in [2.45, 2.75) is 57.7 Å². The van der Waals surface area contributed by atoms with Crippen molar-refractivity contribution in [2.75, 3.05) is 24.2 Å². The Labute approximate surface area is 218 Å². The smallest absolute Gasteiger partial charge is 0.244 e. The number of nitrogens with zero attached hydrogens (tertiary/aromatic N) is 2. The van der Waals surface area contributed by atoms with E-state index in [-0.39, 0.29) is 24.2 Å². The number of sulfonamides is 1. The van der Waals surface area contributed by atoms with Crippen LogP contribution in [0.5, 0.6) is 5.75 Å². The fourth-order valence-corrected chi connectivity index (χ4v) is 5.53. The second-order valence-corrected chi connectivity index (χ2v) is 11.4. The lowest BCUT2D eigenvalue weighted by Gasteiger charge is -2.33. The minimum Gasteiger partial charge on any atom is -0.497 e. The van der Waals surface area contributed by atoms with Gasteiger partial charge >= 0.3 is 0 Å². The summed E-state index contributed by atoms with van der Waals surface area (Å²) in [7, 11) is -2.26. The highest BCUT2D eigenvalue weighted by Crippen LogP contribution is 2.24. The third-order valence-corrected chi connectivity index (χ3v) is 7.73. The molecule has 3 rings (SSSR count). The highest BCUT2D eigenvalue weighted by atomic mass is 35.5. The Morgan fingerprint density at radius 2 is 1.83 bits per heavy atom. The normalized spacial score (nSPS) is 14.8. The number of benzene rings is 2. The topological polar surface area (TPSA) is 96.0 Å². The molecule has 8 nitrogen and oxygen atoms in total. The van der Waals surface area contributed by atoms with E-state index in [4.69, 9.17) is 16.3 Å². The first-order valence-corrected chi connectivity index (χ1v) is 14.3. The van der Waals surface area contributed by atoms with E-state index in [0.717, 1.165) is 41.8 Å². The Bertz CT molecular complexity index is 1170. The molecule has 1 atom stereocenters. The van der Waals surface area contributed by atoms with Crippen LogP contribution in [-0.4, -0.2) is 57.1 Å². The lowest BCUT2D eigenvalue weighted by atomic mass is 10.1. The van der Waals surface area contributed by atoms with Gasteiger partial charge in [0.15, 0.2) is 0 Å². The zero-order chi connectivity index (χ0) is 26.3. The van der Waals surface area contributed by atoms with Gasteiger partial charge in [0.2, 0.25) is 21.8 Å². The Kier molecular flexibility index (Phi) is 9.62. The number of anilines is 1. The molecule has 2 aromatic rings. The Balaban J connectivity index is 1.93. The van der Waals surface area contributed by atoms with Crippen LogP contribution in [0.15, 0.2) is 48.5 Å². The van der Waals surface area contributed by atoms with E-state index in [2.05, 4.69) is 5.32 Å². The molecule has 196 valence electrons. The number of carbonyl (C=O) groups excluding carboxylic acids is 2. The maximum absolute atomic E-state index is 13.7. The average molecular weight is 536 g/mol. The van der Waals surface area contributed by atoms with Crippen LogP contribution in [0, 0.1) is 0 Å². The Hall–Kier alpha value is -2.78. The molecule has 0 spiro atoms. The SMILES string of the molecule is CCC(C(=O)NC1CCCC1)N(Cc1cccc(OC)c1)C(=O)CN(c1cccc(Cl)c1)S(C)(=O)=O. The number of amides is 2. The molecule has 10 heteroatoms. The molecule has 0 saturated heterocycles. The van der Waals surface area contributed by atoms with Crippen LogP contribution in [0.3, 0.4) is 0 Å². The van der Waals surface area contributed by atoms with Crippen molar-refractivity contribution in [1.29, 1.82) is 0 Å². The molecule has 0 aliphatic heterocycles. The van der Waals surface area contributed by atoms with Crippen LogP contribution >= 0.6 is 11.6 Å². The van der Waals surface area contributed by atoms with Crippen molar-refractivity contribution in [1.82, 2.24) is 10.2 Å². The summed E-state index contributed by atoms with van der Waals surface area (Å²) in [5.41, 5.74) is 1.05. The number of hydrogen-bond acceptors (Lipinski definition) is 5. The lowest BCUT2D eigenvalue weighted by Crippen LogP contribution is -2.53. The third kappa shape index (κ3) is 7.36. The van der Waals surface area contributed by atoms with Crippen LogP contribution in [0.4, 0.5) is 5.69 Å². The van der Waals surface area contributed by atoms with Gasteiger partial charge in [0.05, 0.1) is 19.1 Å². The molecule has 2 amide bonds. The van der Waals surface area contributed by atoms with Crippen molar-refractivity contribution in [3.63, 3.8) is 0 Å². The number of halogens is 1. The molecule has 1 saturated carbocycles. The molecule has 1 fully saturated rings. The van der Waals surface area contributed by atoms with Crippen LogP contribution in [0.2, 0.25) is 5.02 Å². The number of methoxy groups -OCH3 is 1. The summed E-state index contributed by atoms with van der Waals surface area (Å²) >= 11 is 6.09. The predicted molar refractivity (Wildman–Crippen MR) is 142 cm³/mol. The van der Waals surface area contributed by atoms with E-state index in [1.54, 1.807) is 37.4 Å². The summed E-state index contributed by atoms with van der Waals surface area (Å²) in [5, 5.41) is 3.44. The first-order valence-electron chi connectivity index (χ1n) is 12.1. The summed E-state index contributed by atoms with van der Waals surface area (Å²) in [6.07, 6.45) is 5.39. The second-order valence-electron chi connectivity index (χ2n) is 9.04. The largest absolute Gasteiger partial charge is 0.497 e. The standard InChI is InChI=1S/C26H34ClN3O5S/c1-4-24(26(32)28-21-11-5-6-12-21)29(17-19-9-7-14-23(15-19)35-2)25(31)18-30(36(3,33)34)22-13-8-10-20(27)16-22/h7-10,13-16,21,24H,4-6,11-12,17-18H2,1-3H3,(H,28,32). The monoisotopic (exact) mass is 535 g/mol. The maximum atomic E-state index is 13.7. The van der Waals surface area contributed by atoms with Crippen LogP contribution < -0.4 is 14.4 Å². The van der Waals surface area contributed by atoms with Gasteiger partial charge in [-0.05, 0) is 55.2 Å². The van der Waals surface area contributed by atoms with Gasteiger partial charge in [0.1, 0.15) is 18.3 Å². The summed E-state index contributed by atoms with van der Waals surface area (Å²) < 4.78 is 31.7. The molecule has 1 aliphatic rings. The minimum absolute atomic E-state index is 0.0966. The first kappa shape index (κ1) is 27.8. The zero-order valence-corrected chi connectivity index (χ0v) is 22.5. The predicted octanol–water partition coefficient (Wildman–Crippen LogP) is 3.98. The molecule has 1 N–H and O–H groups in total. The van der Waals surface area contributed by atoms with E-state index in [1.165, 1.54) is 11.0 Å². The highest BCUT2D eigenvalue weighted by Gasteiger charge is 2.33. The molecular formula is C26H34ClN3O5S. The van der Waals surface area contributed by atoms with Crippen molar-refractivity contribution in [3.8, 4) is 5.75 Å². The molecule has 0 heterocycles. The van der Waals surface area contributed by atoms with Crippen molar-refractivity contribution in [3.05, 3.63) is 59.1 Å². The van der Waals surface area contributed by atoms with Gasteiger partial charge in [-0.25, -0.2) is 8.42 Å². The van der Waals surface area contributed by atoms with Gasteiger partial charge < -0.3 is 15.0 Å². The van der Waals surface area contributed by atoms with Crippen LogP contribution in [-0.2, 0) is 26.2 Å². The summed E-state index contributed by atoms with van der Waals surface area (Å²) in [5.74, 6) is -0.0917. The van der Waals surface area contributed by atoms with Crippen molar-refractivity contribution in [2.24, 2.45) is 0 Å². The summed E-state index contributed by atoms with van der Waals surface area (Å²) in [4.78, 5) is 28.5. The molecule has 1 unspecified atom stereocenters. The molecule has 2 aromatic carbocycles. The van der Waals surface area contributed by atoms with E-state index in [9.17, 15) is 18.0 Å². The molecular weight excluding hydrogens is 502 g/mol. The molecule has 0 bridgehead atoms. The van der Waals surface area contributed by atoms with E-state index in [0.29, 0.717) is 17.2 Å². The second kappa shape index (κ2) is 12.5. The third-order valence-electron chi connectivity index (χ3n) is 6.35. The van der Waals surface area contributed by atoms with Gasteiger partial charge in [-0.1, -0.05) is 49.6 Å². The maximum Gasteiger partial charge on any atom is 0.244 e. The lowest BCUT2D eigenvalue weighted by molar-refractivity contribution is -0.140. The van der Waals surface area contributed by atoms with E-state index in [1.807, 2.05) is 19.1 Å². The fraction of sp³-hybridized carbons (Fsp3) is 0.462. The molecule has 0 aromatic heterocycles. The number of ether oxygens (including phenoxy) is 1.